The molecule has 1 aliphatic rings. The van der Waals surface area contributed by atoms with E-state index in [1.165, 1.54) is 18.4 Å². The molecule has 0 radical (unpaired) electrons. The van der Waals surface area contributed by atoms with Crippen molar-refractivity contribution in [2.75, 3.05) is 7.05 Å². The predicted molar refractivity (Wildman–Crippen MR) is 80.8 cm³/mol. The summed E-state index contributed by atoms with van der Waals surface area (Å²) in [5, 5.41) is 0. The van der Waals surface area contributed by atoms with Gasteiger partial charge in [0.2, 0.25) is 5.91 Å². The van der Waals surface area contributed by atoms with Crippen molar-refractivity contribution < 1.29 is 4.79 Å². The lowest BCUT2D eigenvalue weighted by Gasteiger charge is -2.24. The van der Waals surface area contributed by atoms with Crippen molar-refractivity contribution in [2.45, 2.75) is 45.2 Å². The predicted octanol–water partition coefficient (Wildman–Crippen LogP) is 2.01. The highest BCUT2D eigenvalue weighted by molar-refractivity contribution is 5.82. The number of nitrogens with zero attached hydrogens (tertiary/aromatic N) is 1. The lowest BCUT2D eigenvalue weighted by molar-refractivity contribution is -0.122. The highest BCUT2D eigenvalue weighted by Gasteiger charge is 2.30. The maximum atomic E-state index is 11.5. The van der Waals surface area contributed by atoms with E-state index in [2.05, 4.69) is 36.4 Å². The van der Waals surface area contributed by atoms with E-state index in [-0.39, 0.29) is 11.8 Å². The fraction of sp³-hybridized carbons (Fsp3) is 0.562. The van der Waals surface area contributed by atoms with Gasteiger partial charge in [-0.2, -0.15) is 0 Å². The van der Waals surface area contributed by atoms with Crippen molar-refractivity contribution >= 4 is 5.91 Å². The second kappa shape index (κ2) is 6.37. The van der Waals surface area contributed by atoms with E-state index < -0.39 is 0 Å². The molecule has 110 valence electrons. The van der Waals surface area contributed by atoms with Crippen LogP contribution in [0.3, 0.4) is 0 Å². The van der Waals surface area contributed by atoms with Crippen LogP contribution in [-0.4, -0.2) is 23.9 Å². The molecule has 0 aromatic heterocycles. The smallest absolute Gasteiger partial charge is 0.241 e. The molecule has 0 saturated heterocycles. The molecule has 1 saturated carbocycles. The van der Waals surface area contributed by atoms with Crippen LogP contribution in [-0.2, 0) is 11.3 Å². The molecule has 2 atom stereocenters. The first-order valence-corrected chi connectivity index (χ1v) is 7.32. The van der Waals surface area contributed by atoms with E-state index in [1.807, 2.05) is 19.1 Å². The number of rotatable bonds is 6. The lowest BCUT2D eigenvalue weighted by Crippen LogP contribution is -2.33. The van der Waals surface area contributed by atoms with E-state index in [0.29, 0.717) is 6.04 Å². The minimum atomic E-state index is -0.211. The Morgan fingerprint density at radius 2 is 1.95 bits per heavy atom. The zero-order chi connectivity index (χ0) is 14.7. The molecule has 20 heavy (non-hydrogen) atoms. The molecule has 4 nitrogen and oxygen atoms in total. The monoisotopic (exact) mass is 275 g/mol. The quantitative estimate of drug-likeness (QED) is 0.474. The Kier molecular flexibility index (Phi) is 4.78. The fourth-order valence-corrected chi connectivity index (χ4v) is 2.56. The van der Waals surface area contributed by atoms with Crippen LogP contribution < -0.4 is 11.3 Å². The van der Waals surface area contributed by atoms with Gasteiger partial charge in [0.25, 0.3) is 0 Å². The average molecular weight is 275 g/mol. The van der Waals surface area contributed by atoms with Crippen molar-refractivity contribution in [1.29, 1.82) is 0 Å². The second-order valence-electron chi connectivity index (χ2n) is 5.97. The van der Waals surface area contributed by atoms with Crippen molar-refractivity contribution in [3.63, 3.8) is 0 Å². The van der Waals surface area contributed by atoms with Crippen LogP contribution in [0.25, 0.3) is 0 Å². The molecule has 1 aliphatic carbocycles. The zero-order valence-corrected chi connectivity index (χ0v) is 12.6. The summed E-state index contributed by atoms with van der Waals surface area (Å²) in [7, 11) is 2.18. The number of amides is 1. The number of benzene rings is 1. The van der Waals surface area contributed by atoms with Gasteiger partial charge < -0.3 is 0 Å². The molecule has 1 aromatic carbocycles. The molecule has 2 rings (SSSR count). The molecule has 1 fully saturated rings. The molecular formula is C16H25N3O. The Hall–Kier alpha value is -1.39. The van der Waals surface area contributed by atoms with Gasteiger partial charge in [-0.25, -0.2) is 5.84 Å². The van der Waals surface area contributed by atoms with Gasteiger partial charge in [-0.05, 0) is 50.8 Å². The maximum absolute atomic E-state index is 11.5. The normalized spacial score (nSPS) is 17.9. The third kappa shape index (κ3) is 3.58. The van der Waals surface area contributed by atoms with Gasteiger partial charge in [-0.3, -0.25) is 15.1 Å². The molecule has 3 N–H and O–H groups in total. The minimum Gasteiger partial charge on any atom is -0.299 e. The Labute approximate surface area is 121 Å². The first-order chi connectivity index (χ1) is 9.52. The summed E-state index contributed by atoms with van der Waals surface area (Å²) >= 11 is 0. The van der Waals surface area contributed by atoms with Gasteiger partial charge in [0.05, 0.1) is 5.92 Å². The van der Waals surface area contributed by atoms with Crippen LogP contribution in [0.4, 0.5) is 0 Å². The number of hydrazine groups is 1. The summed E-state index contributed by atoms with van der Waals surface area (Å²) in [5.41, 5.74) is 4.47. The standard InChI is InChI=1S/C16H25N3O/c1-11(16(20)18-17)14-6-4-13(5-7-14)10-19(3)12(2)15-8-9-15/h4-7,11-12,15H,8-10,17H2,1-3H3,(H,18,20). The van der Waals surface area contributed by atoms with E-state index in [9.17, 15) is 4.79 Å². The molecule has 1 aromatic rings. The molecule has 0 heterocycles. The third-order valence-corrected chi connectivity index (χ3v) is 4.45. The van der Waals surface area contributed by atoms with Crippen molar-refractivity contribution in [2.24, 2.45) is 11.8 Å². The molecule has 0 bridgehead atoms. The molecule has 1 amide bonds. The Balaban J connectivity index is 1.95. The number of nitrogens with one attached hydrogen (secondary N) is 1. The molecular weight excluding hydrogens is 250 g/mol. The number of carbonyl (C=O) groups excluding carboxylic acids is 1. The second-order valence-corrected chi connectivity index (χ2v) is 5.97. The third-order valence-electron chi connectivity index (χ3n) is 4.45. The molecule has 0 aliphatic heterocycles. The molecule has 4 heteroatoms. The summed E-state index contributed by atoms with van der Waals surface area (Å²) < 4.78 is 0. The van der Waals surface area contributed by atoms with E-state index >= 15 is 0 Å². The van der Waals surface area contributed by atoms with Crippen LogP contribution >= 0.6 is 0 Å². The van der Waals surface area contributed by atoms with Gasteiger partial charge in [-0.15, -0.1) is 0 Å². The Morgan fingerprint density at radius 3 is 2.45 bits per heavy atom. The van der Waals surface area contributed by atoms with Gasteiger partial charge >= 0.3 is 0 Å². The average Bonchev–Trinajstić information content (AvgIpc) is 3.30. The SMILES string of the molecule is CC(C(=O)NN)c1ccc(CN(C)C(C)C2CC2)cc1. The summed E-state index contributed by atoms with van der Waals surface area (Å²) in [6, 6.07) is 8.89. The Morgan fingerprint density at radius 1 is 1.35 bits per heavy atom. The van der Waals surface area contributed by atoms with Crippen LogP contribution in [0.15, 0.2) is 24.3 Å². The van der Waals surface area contributed by atoms with Crippen LogP contribution in [0.2, 0.25) is 0 Å². The lowest BCUT2D eigenvalue weighted by atomic mass is 9.99. The van der Waals surface area contributed by atoms with Gasteiger partial charge in [-0.1, -0.05) is 24.3 Å². The minimum absolute atomic E-state index is 0.155. The van der Waals surface area contributed by atoms with E-state index in [1.54, 1.807) is 0 Å². The Bertz CT molecular complexity index is 453. The van der Waals surface area contributed by atoms with E-state index in [0.717, 1.165) is 18.0 Å². The van der Waals surface area contributed by atoms with Gasteiger partial charge in [0.15, 0.2) is 0 Å². The fourth-order valence-electron chi connectivity index (χ4n) is 2.56. The molecule has 0 spiro atoms. The largest absolute Gasteiger partial charge is 0.299 e. The zero-order valence-electron chi connectivity index (χ0n) is 12.6. The highest BCUT2D eigenvalue weighted by Crippen LogP contribution is 2.35. The summed E-state index contributed by atoms with van der Waals surface area (Å²) in [6.45, 7) is 5.12. The van der Waals surface area contributed by atoms with Crippen molar-refractivity contribution in [3.8, 4) is 0 Å². The van der Waals surface area contributed by atoms with Crippen LogP contribution in [0.1, 0.15) is 43.7 Å². The van der Waals surface area contributed by atoms with Crippen LogP contribution in [0.5, 0.6) is 0 Å². The summed E-state index contributed by atoms with van der Waals surface area (Å²) in [6.07, 6.45) is 2.74. The number of hydrogen-bond acceptors (Lipinski definition) is 3. The van der Waals surface area contributed by atoms with E-state index in [4.69, 9.17) is 5.84 Å². The first kappa shape index (κ1) is 15.0. The molecule has 2 unspecified atom stereocenters. The maximum Gasteiger partial charge on any atom is 0.241 e. The number of hydrogen-bond donors (Lipinski definition) is 2. The van der Waals surface area contributed by atoms with Gasteiger partial charge in [0.1, 0.15) is 0 Å². The summed E-state index contributed by atoms with van der Waals surface area (Å²) in [4.78, 5) is 13.9. The van der Waals surface area contributed by atoms with Gasteiger partial charge in [0, 0.05) is 12.6 Å². The topological polar surface area (TPSA) is 58.4 Å². The first-order valence-electron chi connectivity index (χ1n) is 7.32. The van der Waals surface area contributed by atoms with Crippen molar-refractivity contribution in [3.05, 3.63) is 35.4 Å². The van der Waals surface area contributed by atoms with Crippen molar-refractivity contribution in [1.82, 2.24) is 10.3 Å². The summed E-state index contributed by atoms with van der Waals surface area (Å²) in [5.74, 6) is 5.68. The van der Waals surface area contributed by atoms with Crippen LogP contribution in [0, 0.1) is 5.92 Å². The number of nitrogens with two attached hydrogens (primary N) is 1. The number of carbonyl (C=O) groups is 1. The highest BCUT2D eigenvalue weighted by atomic mass is 16.2.